The second-order valence-corrected chi connectivity index (χ2v) is 4.72. The van der Waals surface area contributed by atoms with Gasteiger partial charge in [0.2, 0.25) is 5.91 Å². The number of hydrogen-bond acceptors (Lipinski definition) is 2. The van der Waals surface area contributed by atoms with E-state index < -0.39 is 12.6 Å². The van der Waals surface area contributed by atoms with Gasteiger partial charge in [-0.05, 0) is 25.1 Å². The van der Waals surface area contributed by atoms with Gasteiger partial charge in [-0.2, -0.15) is 13.2 Å². The number of halogens is 4. The highest BCUT2D eigenvalue weighted by molar-refractivity contribution is 5.93. The van der Waals surface area contributed by atoms with Crippen LogP contribution < -0.4 is 10.6 Å². The van der Waals surface area contributed by atoms with Crippen molar-refractivity contribution in [2.45, 2.75) is 25.9 Å². The first-order valence-corrected chi connectivity index (χ1v) is 6.43. The van der Waals surface area contributed by atoms with E-state index >= 15 is 0 Å². The van der Waals surface area contributed by atoms with E-state index in [0.717, 1.165) is 0 Å². The predicted octanol–water partition coefficient (Wildman–Crippen LogP) is 3.40. The van der Waals surface area contributed by atoms with E-state index in [2.05, 4.69) is 10.6 Å². The summed E-state index contributed by atoms with van der Waals surface area (Å²) in [5.41, 5.74) is 0.944. The molecule has 0 aliphatic carbocycles. The van der Waals surface area contributed by atoms with Gasteiger partial charge in [-0.1, -0.05) is 25.1 Å². The minimum atomic E-state index is -4.20. The molecule has 3 nitrogen and oxygen atoms in total. The van der Waals surface area contributed by atoms with Gasteiger partial charge in [0.25, 0.3) is 0 Å². The maximum absolute atomic E-state index is 12.3. The molecule has 1 aromatic carbocycles. The average molecular weight is 325 g/mol. The van der Waals surface area contributed by atoms with Gasteiger partial charge in [0.15, 0.2) is 0 Å². The number of nitrogens with one attached hydrogen (secondary N) is 2. The van der Waals surface area contributed by atoms with E-state index in [4.69, 9.17) is 0 Å². The summed E-state index contributed by atoms with van der Waals surface area (Å²) < 4.78 is 36.8. The lowest BCUT2D eigenvalue weighted by atomic mass is 10.1. The molecule has 0 saturated carbocycles. The Morgan fingerprint density at radius 1 is 1.29 bits per heavy atom. The van der Waals surface area contributed by atoms with Gasteiger partial charge in [0.1, 0.15) is 0 Å². The van der Waals surface area contributed by atoms with Crippen molar-refractivity contribution in [3.63, 3.8) is 0 Å². The quantitative estimate of drug-likeness (QED) is 0.842. The Morgan fingerprint density at radius 2 is 1.90 bits per heavy atom. The van der Waals surface area contributed by atoms with Crippen molar-refractivity contribution in [3.05, 3.63) is 29.8 Å². The number of amides is 1. The minimum Gasteiger partial charge on any atom is -0.326 e. The number of carbonyl (C=O) groups is 1. The van der Waals surface area contributed by atoms with Crippen LogP contribution in [-0.2, 0) is 11.2 Å². The van der Waals surface area contributed by atoms with E-state index in [-0.39, 0.29) is 30.7 Å². The summed E-state index contributed by atoms with van der Waals surface area (Å²) in [7, 11) is 1.74. The molecule has 0 spiro atoms. The fraction of sp³-hybridized carbons (Fsp3) is 0.500. The van der Waals surface area contributed by atoms with Gasteiger partial charge in [0, 0.05) is 24.6 Å². The first-order valence-electron chi connectivity index (χ1n) is 6.43. The molecule has 21 heavy (non-hydrogen) atoms. The second-order valence-electron chi connectivity index (χ2n) is 4.72. The molecule has 0 aromatic heterocycles. The highest BCUT2D eigenvalue weighted by Gasteiger charge is 2.27. The molecule has 120 valence electrons. The van der Waals surface area contributed by atoms with Crippen LogP contribution in [0.3, 0.4) is 0 Å². The van der Waals surface area contributed by atoms with E-state index in [1.54, 1.807) is 38.2 Å². The van der Waals surface area contributed by atoms with E-state index in [1.165, 1.54) is 0 Å². The van der Waals surface area contributed by atoms with Gasteiger partial charge in [-0.3, -0.25) is 4.79 Å². The second kappa shape index (κ2) is 8.89. The molecule has 0 fully saturated rings. The zero-order chi connectivity index (χ0) is 15.2. The normalized spacial score (nSPS) is 12.4. The summed E-state index contributed by atoms with van der Waals surface area (Å²) in [6.07, 6.45) is -5.23. The summed E-state index contributed by atoms with van der Waals surface area (Å²) in [6, 6.07) is 6.58. The maximum atomic E-state index is 12.3. The number of carbonyl (C=O) groups excluding carboxylic acids is 1. The van der Waals surface area contributed by atoms with Gasteiger partial charge in [-0.25, -0.2) is 0 Å². The molecule has 0 aliphatic rings. The number of hydrogen-bond donors (Lipinski definition) is 2. The molecular weight excluding hydrogens is 305 g/mol. The number of rotatable bonds is 6. The Labute approximate surface area is 128 Å². The molecule has 0 aliphatic heterocycles. The van der Waals surface area contributed by atoms with Crippen LogP contribution in [0.2, 0.25) is 0 Å². The summed E-state index contributed by atoms with van der Waals surface area (Å²) in [4.78, 5) is 11.9. The molecule has 0 radical (unpaired) electrons. The molecule has 0 saturated heterocycles. The highest BCUT2D eigenvalue weighted by Crippen LogP contribution is 2.25. The zero-order valence-corrected chi connectivity index (χ0v) is 12.8. The Kier molecular flexibility index (Phi) is 8.36. The van der Waals surface area contributed by atoms with Gasteiger partial charge in [-0.15, -0.1) is 12.4 Å². The number of anilines is 1. The largest absolute Gasteiger partial charge is 0.389 e. The van der Waals surface area contributed by atoms with Crippen molar-refractivity contribution >= 4 is 24.0 Å². The first kappa shape index (κ1) is 19.7. The third kappa shape index (κ3) is 7.34. The van der Waals surface area contributed by atoms with Crippen LogP contribution in [0.5, 0.6) is 0 Å². The first-order chi connectivity index (χ1) is 9.33. The van der Waals surface area contributed by atoms with Crippen LogP contribution in [0, 0.1) is 5.92 Å². The lowest BCUT2D eigenvalue weighted by Crippen LogP contribution is -2.29. The molecule has 0 heterocycles. The van der Waals surface area contributed by atoms with Crippen molar-refractivity contribution < 1.29 is 18.0 Å². The lowest BCUT2D eigenvalue weighted by Gasteiger charge is -2.15. The van der Waals surface area contributed by atoms with Gasteiger partial charge >= 0.3 is 6.18 Å². The van der Waals surface area contributed by atoms with Crippen molar-refractivity contribution in [1.82, 2.24) is 5.32 Å². The molecule has 7 heteroatoms. The maximum Gasteiger partial charge on any atom is 0.389 e. The Hall–Kier alpha value is -1.27. The van der Waals surface area contributed by atoms with Crippen LogP contribution in [0.25, 0.3) is 0 Å². The smallest absolute Gasteiger partial charge is 0.326 e. The van der Waals surface area contributed by atoms with Crippen molar-refractivity contribution in [1.29, 1.82) is 0 Å². The molecule has 1 atom stereocenters. The van der Waals surface area contributed by atoms with Crippen LogP contribution in [0.15, 0.2) is 24.3 Å². The number of para-hydroxylation sites is 1. The van der Waals surface area contributed by atoms with Crippen molar-refractivity contribution in [2.24, 2.45) is 5.92 Å². The molecule has 1 rings (SSSR count). The predicted molar refractivity (Wildman–Crippen MR) is 79.8 cm³/mol. The highest BCUT2D eigenvalue weighted by atomic mass is 35.5. The zero-order valence-electron chi connectivity index (χ0n) is 12.0. The molecule has 2 N–H and O–H groups in total. The lowest BCUT2D eigenvalue weighted by molar-refractivity contribution is -0.133. The molecule has 1 amide bonds. The Bertz CT molecular complexity index is 452. The summed E-state index contributed by atoms with van der Waals surface area (Å²) in [5.74, 6) is -0.463. The van der Waals surface area contributed by atoms with E-state index in [1.807, 2.05) is 0 Å². The summed E-state index contributed by atoms with van der Waals surface area (Å²) in [6.45, 7) is 2.26. The molecule has 1 aromatic rings. The van der Waals surface area contributed by atoms with Crippen molar-refractivity contribution in [3.8, 4) is 0 Å². The van der Waals surface area contributed by atoms with Crippen LogP contribution in [0.4, 0.5) is 18.9 Å². The van der Waals surface area contributed by atoms with Crippen LogP contribution in [-0.4, -0.2) is 25.7 Å². The molecular formula is C14H20ClF3N2O. The minimum absolute atomic E-state index is 0. The fourth-order valence-electron chi connectivity index (χ4n) is 1.79. The Morgan fingerprint density at radius 3 is 2.48 bits per heavy atom. The standard InChI is InChI=1S/C14H19F3N2O.ClH/c1-10(9-18-2)13(20)19-12-6-4-3-5-11(12)7-8-14(15,16)17;/h3-6,10,18H,7-9H2,1-2H3,(H,19,20);1H. The number of aryl methyl sites for hydroxylation is 1. The SMILES string of the molecule is CNCC(C)C(=O)Nc1ccccc1CCC(F)(F)F.Cl. The third-order valence-electron chi connectivity index (χ3n) is 2.91. The average Bonchev–Trinajstić information content (AvgIpc) is 2.37. The van der Waals surface area contributed by atoms with Gasteiger partial charge in [0.05, 0.1) is 0 Å². The van der Waals surface area contributed by atoms with E-state index in [9.17, 15) is 18.0 Å². The number of alkyl halides is 3. The van der Waals surface area contributed by atoms with Crippen molar-refractivity contribution in [2.75, 3.05) is 18.9 Å². The summed E-state index contributed by atoms with van der Waals surface area (Å²) >= 11 is 0. The Balaban J connectivity index is 0.00000400. The molecule has 1 unspecified atom stereocenters. The van der Waals surface area contributed by atoms with Crippen LogP contribution >= 0.6 is 12.4 Å². The number of benzene rings is 1. The summed E-state index contributed by atoms with van der Waals surface area (Å²) in [5, 5.41) is 5.57. The monoisotopic (exact) mass is 324 g/mol. The fourth-order valence-corrected chi connectivity index (χ4v) is 1.79. The van der Waals surface area contributed by atoms with Gasteiger partial charge < -0.3 is 10.6 Å². The van der Waals surface area contributed by atoms with Crippen LogP contribution in [0.1, 0.15) is 18.9 Å². The van der Waals surface area contributed by atoms with E-state index in [0.29, 0.717) is 17.8 Å². The molecule has 0 bridgehead atoms. The third-order valence-corrected chi connectivity index (χ3v) is 2.91. The topological polar surface area (TPSA) is 41.1 Å².